The van der Waals surface area contributed by atoms with Crippen LogP contribution in [0, 0.1) is 0 Å². The average molecular weight is 251 g/mol. The summed E-state index contributed by atoms with van der Waals surface area (Å²) >= 11 is 1.67. The van der Waals surface area contributed by atoms with Crippen LogP contribution in [0.2, 0.25) is 0 Å². The van der Waals surface area contributed by atoms with E-state index in [-0.39, 0.29) is 11.5 Å². The summed E-state index contributed by atoms with van der Waals surface area (Å²) in [5.74, 6) is -0.0591. The van der Waals surface area contributed by atoms with Gasteiger partial charge in [-0.05, 0) is 24.0 Å². The van der Waals surface area contributed by atoms with Gasteiger partial charge in [-0.15, -0.1) is 0 Å². The molecular formula is C12H13NO3S. The molecule has 2 rings (SSSR count). The molecule has 0 bridgehead atoms. The summed E-state index contributed by atoms with van der Waals surface area (Å²) in [6.45, 7) is 0.635. The molecule has 1 aliphatic heterocycles. The smallest absolute Gasteiger partial charge is 0.335 e. The second kappa shape index (κ2) is 4.79. The molecule has 5 heteroatoms. The van der Waals surface area contributed by atoms with Crippen molar-refractivity contribution in [1.29, 1.82) is 0 Å². The maximum absolute atomic E-state index is 11.8. The summed E-state index contributed by atoms with van der Waals surface area (Å²) in [6, 6.07) is 4.87. The molecule has 1 aromatic carbocycles. The zero-order valence-electron chi connectivity index (χ0n) is 9.47. The van der Waals surface area contributed by atoms with Crippen LogP contribution in [-0.2, 0) is 11.2 Å². The average Bonchev–Trinajstić information content (AvgIpc) is 2.61. The molecule has 90 valence electrons. The van der Waals surface area contributed by atoms with Crippen molar-refractivity contribution in [2.75, 3.05) is 23.5 Å². The van der Waals surface area contributed by atoms with Crippen molar-refractivity contribution in [2.45, 2.75) is 6.42 Å². The van der Waals surface area contributed by atoms with E-state index in [0.29, 0.717) is 13.0 Å². The Bertz CT molecular complexity index is 473. The van der Waals surface area contributed by atoms with Gasteiger partial charge in [0, 0.05) is 18.0 Å². The van der Waals surface area contributed by atoms with Crippen molar-refractivity contribution in [1.82, 2.24) is 0 Å². The Morgan fingerprint density at radius 3 is 2.94 bits per heavy atom. The van der Waals surface area contributed by atoms with Gasteiger partial charge in [0.05, 0.1) is 12.0 Å². The number of hydrogen-bond acceptors (Lipinski definition) is 3. The van der Waals surface area contributed by atoms with Crippen molar-refractivity contribution in [3.05, 3.63) is 29.3 Å². The fraction of sp³-hybridized carbons (Fsp3) is 0.333. The van der Waals surface area contributed by atoms with Gasteiger partial charge in [0.25, 0.3) is 0 Å². The highest BCUT2D eigenvalue weighted by Crippen LogP contribution is 2.29. The first-order chi connectivity index (χ1) is 8.13. The van der Waals surface area contributed by atoms with Crippen molar-refractivity contribution in [2.24, 2.45) is 0 Å². The number of carboxylic acids is 1. The number of rotatable bonds is 4. The van der Waals surface area contributed by atoms with Crippen LogP contribution in [0.5, 0.6) is 0 Å². The molecular weight excluding hydrogens is 238 g/mol. The number of carboxylic acid groups (broad SMARTS) is 1. The molecule has 0 aromatic heterocycles. The molecule has 0 spiro atoms. The fourth-order valence-electron chi connectivity index (χ4n) is 1.92. The minimum absolute atomic E-state index is 0.0524. The number of nitrogens with zero attached hydrogens (tertiary/aromatic N) is 1. The molecule has 17 heavy (non-hydrogen) atoms. The number of anilines is 1. The number of aromatic carboxylic acids is 1. The standard InChI is InChI=1S/C12H13NO3S/c1-17-5-4-13-10-6-9(12(15)16)3-2-8(10)7-11(13)14/h2-3,6H,4-5,7H2,1H3,(H,15,16). The maximum atomic E-state index is 11.8. The fourth-order valence-corrected chi connectivity index (χ4v) is 2.28. The highest BCUT2D eigenvalue weighted by atomic mass is 32.2. The number of carbonyl (C=O) groups excluding carboxylic acids is 1. The summed E-state index contributed by atoms with van der Waals surface area (Å²) in [7, 11) is 0. The van der Waals surface area contributed by atoms with Gasteiger partial charge in [0.15, 0.2) is 0 Å². The van der Waals surface area contributed by atoms with Crippen molar-refractivity contribution in [3.63, 3.8) is 0 Å². The first-order valence-corrected chi connectivity index (χ1v) is 6.68. The van der Waals surface area contributed by atoms with E-state index in [1.165, 1.54) is 0 Å². The molecule has 0 aliphatic carbocycles. The van der Waals surface area contributed by atoms with Gasteiger partial charge in [-0.3, -0.25) is 4.79 Å². The van der Waals surface area contributed by atoms with E-state index in [4.69, 9.17) is 5.11 Å². The molecule has 0 radical (unpaired) electrons. The van der Waals surface area contributed by atoms with E-state index < -0.39 is 5.97 Å². The summed E-state index contributed by atoms with van der Waals surface area (Å²) in [5, 5.41) is 8.94. The minimum atomic E-state index is -0.961. The monoisotopic (exact) mass is 251 g/mol. The van der Waals surface area contributed by atoms with Gasteiger partial charge in [-0.25, -0.2) is 4.79 Å². The minimum Gasteiger partial charge on any atom is -0.478 e. The molecule has 1 aromatic rings. The molecule has 1 N–H and O–H groups in total. The van der Waals surface area contributed by atoms with E-state index in [2.05, 4.69) is 0 Å². The van der Waals surface area contributed by atoms with Gasteiger partial charge >= 0.3 is 5.97 Å². The number of carbonyl (C=O) groups is 2. The topological polar surface area (TPSA) is 57.6 Å². The molecule has 4 nitrogen and oxygen atoms in total. The first kappa shape index (κ1) is 12.0. The van der Waals surface area contributed by atoms with Crippen LogP contribution >= 0.6 is 11.8 Å². The lowest BCUT2D eigenvalue weighted by atomic mass is 10.1. The van der Waals surface area contributed by atoms with E-state index >= 15 is 0 Å². The van der Waals surface area contributed by atoms with Gasteiger partial charge in [-0.1, -0.05) is 6.07 Å². The highest BCUT2D eigenvalue weighted by molar-refractivity contribution is 7.98. The van der Waals surface area contributed by atoms with Crippen molar-refractivity contribution < 1.29 is 14.7 Å². The predicted molar refractivity (Wildman–Crippen MR) is 67.8 cm³/mol. The lowest BCUT2D eigenvalue weighted by Crippen LogP contribution is -2.29. The zero-order chi connectivity index (χ0) is 12.4. The van der Waals surface area contributed by atoms with Crippen molar-refractivity contribution in [3.8, 4) is 0 Å². The van der Waals surface area contributed by atoms with Crippen LogP contribution < -0.4 is 4.90 Å². The van der Waals surface area contributed by atoms with E-state index in [9.17, 15) is 9.59 Å². The highest BCUT2D eigenvalue weighted by Gasteiger charge is 2.27. The third kappa shape index (κ3) is 2.29. The van der Waals surface area contributed by atoms with E-state index in [1.807, 2.05) is 6.26 Å². The lowest BCUT2D eigenvalue weighted by molar-refractivity contribution is -0.117. The van der Waals surface area contributed by atoms with Crippen LogP contribution in [-0.4, -0.2) is 35.5 Å². The van der Waals surface area contributed by atoms with Crippen LogP contribution in [0.1, 0.15) is 15.9 Å². The molecule has 1 amide bonds. The van der Waals surface area contributed by atoms with Crippen LogP contribution in [0.15, 0.2) is 18.2 Å². The quantitative estimate of drug-likeness (QED) is 0.883. The normalized spacial score (nSPS) is 13.9. The number of fused-ring (bicyclic) bond motifs is 1. The van der Waals surface area contributed by atoms with Crippen LogP contribution in [0.3, 0.4) is 0 Å². The Kier molecular flexibility index (Phi) is 3.38. The van der Waals surface area contributed by atoms with E-state index in [1.54, 1.807) is 34.9 Å². The van der Waals surface area contributed by atoms with Crippen LogP contribution in [0.25, 0.3) is 0 Å². The van der Waals surface area contributed by atoms with Crippen LogP contribution in [0.4, 0.5) is 5.69 Å². The summed E-state index contributed by atoms with van der Waals surface area (Å²) < 4.78 is 0. The molecule has 0 unspecified atom stereocenters. The Morgan fingerprint density at radius 2 is 2.29 bits per heavy atom. The maximum Gasteiger partial charge on any atom is 0.335 e. The summed E-state index contributed by atoms with van der Waals surface area (Å²) in [6.07, 6.45) is 2.36. The molecule has 1 aliphatic rings. The Balaban J connectivity index is 2.32. The number of benzene rings is 1. The molecule has 1 heterocycles. The van der Waals surface area contributed by atoms with Gasteiger partial charge in [0.2, 0.25) is 5.91 Å². The Morgan fingerprint density at radius 1 is 1.53 bits per heavy atom. The SMILES string of the molecule is CSCCN1C(=O)Cc2ccc(C(=O)O)cc21. The molecule has 0 fully saturated rings. The summed E-state index contributed by atoms with van der Waals surface area (Å²) in [4.78, 5) is 24.4. The van der Waals surface area contributed by atoms with Gasteiger partial charge in [-0.2, -0.15) is 11.8 Å². The van der Waals surface area contributed by atoms with E-state index in [0.717, 1.165) is 17.0 Å². The number of amides is 1. The Labute approximate surface area is 104 Å². The number of thioether (sulfide) groups is 1. The Hall–Kier alpha value is -1.49. The lowest BCUT2D eigenvalue weighted by Gasteiger charge is -2.16. The molecule has 0 saturated heterocycles. The second-order valence-corrected chi connectivity index (χ2v) is 4.85. The molecule has 0 saturated carbocycles. The van der Waals surface area contributed by atoms with Crippen molar-refractivity contribution >= 4 is 29.3 Å². The third-order valence-electron chi connectivity index (χ3n) is 2.78. The predicted octanol–water partition coefficient (Wildman–Crippen LogP) is 1.64. The first-order valence-electron chi connectivity index (χ1n) is 5.29. The zero-order valence-corrected chi connectivity index (χ0v) is 10.3. The van der Waals surface area contributed by atoms with Gasteiger partial charge < -0.3 is 10.0 Å². The summed E-state index contributed by atoms with van der Waals surface area (Å²) in [5.41, 5.74) is 1.90. The number of hydrogen-bond donors (Lipinski definition) is 1. The third-order valence-corrected chi connectivity index (χ3v) is 3.38. The van der Waals surface area contributed by atoms with Gasteiger partial charge in [0.1, 0.15) is 0 Å². The largest absolute Gasteiger partial charge is 0.478 e. The molecule has 0 atom stereocenters. The second-order valence-electron chi connectivity index (χ2n) is 3.86.